The minimum atomic E-state index is -0.159. The lowest BCUT2D eigenvalue weighted by Crippen LogP contribution is -2.12. The maximum absolute atomic E-state index is 13.1. The molecule has 1 N–H and O–H groups in total. The van der Waals surface area contributed by atoms with E-state index in [0.717, 1.165) is 22.7 Å². The van der Waals surface area contributed by atoms with Gasteiger partial charge in [0.05, 0.1) is 0 Å². The SMILES string of the molecule is Cc1cc(CNCc2cccc(Cl)c2)ccc1F. The van der Waals surface area contributed by atoms with Crippen LogP contribution >= 0.6 is 11.6 Å². The Kier molecular flexibility index (Phi) is 4.34. The van der Waals surface area contributed by atoms with Gasteiger partial charge in [0, 0.05) is 18.1 Å². The van der Waals surface area contributed by atoms with Crippen molar-refractivity contribution in [3.63, 3.8) is 0 Å². The zero-order chi connectivity index (χ0) is 13.0. The molecule has 0 atom stereocenters. The van der Waals surface area contributed by atoms with Gasteiger partial charge in [0.15, 0.2) is 0 Å². The summed E-state index contributed by atoms with van der Waals surface area (Å²) < 4.78 is 13.1. The Morgan fingerprint density at radius 1 is 1.06 bits per heavy atom. The van der Waals surface area contributed by atoms with Crippen molar-refractivity contribution in [3.8, 4) is 0 Å². The predicted molar refractivity (Wildman–Crippen MR) is 73.1 cm³/mol. The molecule has 94 valence electrons. The summed E-state index contributed by atoms with van der Waals surface area (Å²) in [4.78, 5) is 0. The Hall–Kier alpha value is -1.38. The lowest BCUT2D eigenvalue weighted by atomic mass is 10.1. The van der Waals surface area contributed by atoms with Crippen molar-refractivity contribution in [3.05, 3.63) is 70.0 Å². The maximum atomic E-state index is 13.1. The van der Waals surface area contributed by atoms with Crippen molar-refractivity contribution < 1.29 is 4.39 Å². The van der Waals surface area contributed by atoms with Crippen LogP contribution in [0.3, 0.4) is 0 Å². The number of rotatable bonds is 4. The van der Waals surface area contributed by atoms with E-state index in [1.54, 1.807) is 13.0 Å². The highest BCUT2D eigenvalue weighted by Gasteiger charge is 1.99. The summed E-state index contributed by atoms with van der Waals surface area (Å²) in [5.74, 6) is -0.159. The lowest BCUT2D eigenvalue weighted by molar-refractivity contribution is 0.615. The van der Waals surface area contributed by atoms with Gasteiger partial charge < -0.3 is 5.32 Å². The minimum absolute atomic E-state index is 0.159. The van der Waals surface area contributed by atoms with E-state index in [1.165, 1.54) is 6.07 Å². The molecule has 0 amide bonds. The number of halogens is 2. The third kappa shape index (κ3) is 3.56. The lowest BCUT2D eigenvalue weighted by Gasteiger charge is -2.06. The normalized spacial score (nSPS) is 10.6. The van der Waals surface area contributed by atoms with Crippen molar-refractivity contribution >= 4 is 11.6 Å². The summed E-state index contributed by atoms with van der Waals surface area (Å²) >= 11 is 5.91. The Labute approximate surface area is 112 Å². The van der Waals surface area contributed by atoms with E-state index in [1.807, 2.05) is 30.3 Å². The van der Waals surface area contributed by atoms with Crippen molar-refractivity contribution in [2.75, 3.05) is 0 Å². The number of benzene rings is 2. The van der Waals surface area contributed by atoms with Crippen molar-refractivity contribution in [2.45, 2.75) is 20.0 Å². The fraction of sp³-hybridized carbons (Fsp3) is 0.200. The molecule has 0 radical (unpaired) electrons. The van der Waals surface area contributed by atoms with Crippen LogP contribution < -0.4 is 5.32 Å². The van der Waals surface area contributed by atoms with Gasteiger partial charge in [0.2, 0.25) is 0 Å². The standard InChI is InChI=1S/C15H15ClFN/c1-11-7-13(5-6-15(11)17)10-18-9-12-3-2-4-14(16)8-12/h2-8,18H,9-10H2,1H3. The van der Waals surface area contributed by atoms with Crippen molar-refractivity contribution in [2.24, 2.45) is 0 Å². The molecule has 0 heterocycles. The van der Waals surface area contributed by atoms with Crippen LogP contribution in [-0.2, 0) is 13.1 Å². The molecular weight excluding hydrogens is 249 g/mol. The largest absolute Gasteiger partial charge is 0.309 e. The minimum Gasteiger partial charge on any atom is -0.309 e. The Morgan fingerprint density at radius 2 is 1.78 bits per heavy atom. The average molecular weight is 264 g/mol. The Morgan fingerprint density at radius 3 is 2.44 bits per heavy atom. The van der Waals surface area contributed by atoms with Gasteiger partial charge in [-0.1, -0.05) is 35.9 Å². The van der Waals surface area contributed by atoms with Crippen LogP contribution in [0.15, 0.2) is 42.5 Å². The third-order valence-corrected chi connectivity index (χ3v) is 3.00. The van der Waals surface area contributed by atoms with E-state index in [2.05, 4.69) is 5.32 Å². The molecule has 0 aliphatic rings. The third-order valence-electron chi connectivity index (χ3n) is 2.77. The van der Waals surface area contributed by atoms with Crippen LogP contribution in [0.5, 0.6) is 0 Å². The van der Waals surface area contributed by atoms with Crippen molar-refractivity contribution in [1.82, 2.24) is 5.32 Å². The van der Waals surface area contributed by atoms with E-state index < -0.39 is 0 Å². The number of hydrogen-bond acceptors (Lipinski definition) is 1. The molecule has 0 unspecified atom stereocenters. The first-order chi connectivity index (χ1) is 8.65. The summed E-state index contributed by atoms with van der Waals surface area (Å²) in [5.41, 5.74) is 2.90. The topological polar surface area (TPSA) is 12.0 Å². The van der Waals surface area contributed by atoms with Gasteiger partial charge in [-0.05, 0) is 41.8 Å². The number of hydrogen-bond donors (Lipinski definition) is 1. The molecule has 0 bridgehead atoms. The van der Waals surface area contributed by atoms with Crippen LogP contribution in [0.2, 0.25) is 5.02 Å². The quantitative estimate of drug-likeness (QED) is 0.877. The maximum Gasteiger partial charge on any atom is 0.126 e. The zero-order valence-corrected chi connectivity index (χ0v) is 11.0. The van der Waals surface area contributed by atoms with Gasteiger partial charge in [-0.3, -0.25) is 0 Å². The second-order valence-electron chi connectivity index (χ2n) is 4.32. The highest BCUT2D eigenvalue weighted by atomic mass is 35.5. The Balaban J connectivity index is 1.90. The molecule has 1 nitrogen and oxygen atoms in total. The molecule has 0 saturated carbocycles. The van der Waals surface area contributed by atoms with Gasteiger partial charge in [-0.15, -0.1) is 0 Å². The molecule has 18 heavy (non-hydrogen) atoms. The molecule has 0 spiro atoms. The first-order valence-electron chi connectivity index (χ1n) is 5.85. The summed E-state index contributed by atoms with van der Waals surface area (Å²) in [7, 11) is 0. The van der Waals surface area contributed by atoms with Crippen LogP contribution in [0, 0.1) is 12.7 Å². The van der Waals surface area contributed by atoms with Crippen molar-refractivity contribution in [1.29, 1.82) is 0 Å². The fourth-order valence-electron chi connectivity index (χ4n) is 1.81. The second-order valence-corrected chi connectivity index (χ2v) is 4.75. The molecular formula is C15H15ClFN. The second kappa shape index (κ2) is 5.98. The van der Waals surface area contributed by atoms with Gasteiger partial charge in [-0.2, -0.15) is 0 Å². The molecule has 3 heteroatoms. The summed E-state index contributed by atoms with van der Waals surface area (Å²) in [5, 5.41) is 4.05. The molecule has 2 aromatic rings. The van der Waals surface area contributed by atoms with Crippen LogP contribution in [0.25, 0.3) is 0 Å². The van der Waals surface area contributed by atoms with Gasteiger partial charge >= 0.3 is 0 Å². The molecule has 0 saturated heterocycles. The molecule has 0 aliphatic carbocycles. The Bertz CT molecular complexity index is 540. The zero-order valence-electron chi connectivity index (χ0n) is 10.2. The van der Waals surface area contributed by atoms with Crippen LogP contribution in [-0.4, -0.2) is 0 Å². The van der Waals surface area contributed by atoms with Gasteiger partial charge in [0.1, 0.15) is 5.82 Å². The first-order valence-corrected chi connectivity index (χ1v) is 6.23. The van der Waals surface area contributed by atoms with Crippen LogP contribution in [0.1, 0.15) is 16.7 Å². The van der Waals surface area contributed by atoms with Crippen LogP contribution in [0.4, 0.5) is 4.39 Å². The highest BCUT2D eigenvalue weighted by molar-refractivity contribution is 6.30. The van der Waals surface area contributed by atoms with E-state index in [4.69, 9.17) is 11.6 Å². The number of nitrogens with one attached hydrogen (secondary N) is 1. The summed E-state index contributed by atoms with van der Waals surface area (Å²) in [6, 6.07) is 12.9. The predicted octanol–water partition coefficient (Wildman–Crippen LogP) is 4.08. The van der Waals surface area contributed by atoms with E-state index >= 15 is 0 Å². The summed E-state index contributed by atoms with van der Waals surface area (Å²) in [6.45, 7) is 3.24. The monoisotopic (exact) mass is 263 g/mol. The molecule has 0 aliphatic heterocycles. The molecule has 2 aromatic carbocycles. The number of aryl methyl sites for hydroxylation is 1. The van der Waals surface area contributed by atoms with E-state index in [9.17, 15) is 4.39 Å². The highest BCUT2D eigenvalue weighted by Crippen LogP contribution is 2.11. The average Bonchev–Trinajstić information content (AvgIpc) is 2.34. The fourth-order valence-corrected chi connectivity index (χ4v) is 2.03. The molecule has 2 rings (SSSR count). The molecule has 0 aromatic heterocycles. The van der Waals surface area contributed by atoms with E-state index in [-0.39, 0.29) is 5.82 Å². The van der Waals surface area contributed by atoms with E-state index in [0.29, 0.717) is 12.1 Å². The van der Waals surface area contributed by atoms with Gasteiger partial charge in [0.25, 0.3) is 0 Å². The summed E-state index contributed by atoms with van der Waals surface area (Å²) in [6.07, 6.45) is 0. The first kappa shape index (κ1) is 13.1. The molecule has 0 fully saturated rings. The van der Waals surface area contributed by atoms with Gasteiger partial charge in [-0.25, -0.2) is 4.39 Å². The smallest absolute Gasteiger partial charge is 0.126 e.